The van der Waals surface area contributed by atoms with Gasteiger partial charge >= 0.3 is 0 Å². The third kappa shape index (κ3) is 4.51. The van der Waals surface area contributed by atoms with Crippen LogP contribution in [0.3, 0.4) is 0 Å². The van der Waals surface area contributed by atoms with Gasteiger partial charge in [0.15, 0.2) is 0 Å². The van der Waals surface area contributed by atoms with Gasteiger partial charge in [0, 0.05) is 18.0 Å². The molecule has 2 atom stereocenters. The Hall–Kier alpha value is -2.15. The molecule has 0 radical (unpaired) electrons. The van der Waals surface area contributed by atoms with E-state index in [-0.39, 0.29) is 6.10 Å². The topological polar surface area (TPSA) is 42.4 Å². The van der Waals surface area contributed by atoms with Crippen LogP contribution in [0.15, 0.2) is 54.9 Å². The summed E-state index contributed by atoms with van der Waals surface area (Å²) < 4.78 is 5.61. The summed E-state index contributed by atoms with van der Waals surface area (Å²) in [4.78, 5) is 3.97. The maximum atomic E-state index is 9.94. The van der Waals surface area contributed by atoms with Crippen LogP contribution in [0, 0.1) is 11.8 Å². The largest absolute Gasteiger partial charge is 0.378 e. The highest BCUT2D eigenvalue weighted by Crippen LogP contribution is 2.06. The highest BCUT2D eigenvalue weighted by atomic mass is 16.5. The van der Waals surface area contributed by atoms with Gasteiger partial charge in [-0.2, -0.15) is 0 Å². The van der Waals surface area contributed by atoms with Crippen molar-refractivity contribution in [2.75, 3.05) is 0 Å². The fourth-order valence-electron chi connectivity index (χ4n) is 1.60. The van der Waals surface area contributed by atoms with Crippen LogP contribution in [0.4, 0.5) is 0 Å². The van der Waals surface area contributed by atoms with Crippen molar-refractivity contribution < 1.29 is 9.84 Å². The zero-order chi connectivity index (χ0) is 14.2. The van der Waals surface area contributed by atoms with E-state index in [1.165, 1.54) is 0 Å². The lowest BCUT2D eigenvalue weighted by atomic mass is 10.2. The maximum Gasteiger partial charge on any atom is 0.140 e. The van der Waals surface area contributed by atoms with Crippen molar-refractivity contribution in [1.82, 2.24) is 4.98 Å². The Kier molecular flexibility index (Phi) is 5.31. The van der Waals surface area contributed by atoms with Crippen molar-refractivity contribution in [3.05, 3.63) is 66.0 Å². The predicted octanol–water partition coefficient (Wildman–Crippen LogP) is 2.40. The van der Waals surface area contributed by atoms with E-state index in [1.54, 1.807) is 12.4 Å². The number of hydrogen-bond donors (Lipinski definition) is 1. The molecular weight excluding hydrogens is 250 g/mol. The van der Waals surface area contributed by atoms with Crippen LogP contribution in [0.2, 0.25) is 0 Å². The van der Waals surface area contributed by atoms with Crippen LogP contribution in [0.25, 0.3) is 0 Å². The van der Waals surface area contributed by atoms with Crippen molar-refractivity contribution in [2.45, 2.75) is 25.7 Å². The monoisotopic (exact) mass is 267 g/mol. The number of pyridine rings is 1. The van der Waals surface area contributed by atoms with Crippen molar-refractivity contribution in [1.29, 1.82) is 0 Å². The van der Waals surface area contributed by atoms with E-state index in [4.69, 9.17) is 4.74 Å². The van der Waals surface area contributed by atoms with Crippen LogP contribution in [0.1, 0.15) is 18.1 Å². The minimum atomic E-state index is -0.820. The molecule has 2 aromatic rings. The van der Waals surface area contributed by atoms with E-state index >= 15 is 0 Å². The summed E-state index contributed by atoms with van der Waals surface area (Å²) in [6, 6.07) is 13.5. The lowest BCUT2D eigenvalue weighted by Gasteiger charge is -2.15. The standard InChI is InChI=1S/C17H17NO2/c1-14(20-13-16-6-3-2-4-7-16)17(19)10-9-15-8-5-11-18-12-15/h2-8,11-12,14,17,19H,13H2,1H3. The Morgan fingerprint density at radius 1 is 1.20 bits per heavy atom. The minimum absolute atomic E-state index is 0.348. The summed E-state index contributed by atoms with van der Waals surface area (Å²) in [5.41, 5.74) is 1.86. The second-order valence-electron chi connectivity index (χ2n) is 4.46. The average Bonchev–Trinajstić information content (AvgIpc) is 2.52. The lowest BCUT2D eigenvalue weighted by Crippen LogP contribution is -2.24. The van der Waals surface area contributed by atoms with Crippen molar-refractivity contribution in [2.24, 2.45) is 0 Å². The molecule has 2 unspecified atom stereocenters. The van der Waals surface area contributed by atoms with E-state index in [0.717, 1.165) is 11.1 Å². The van der Waals surface area contributed by atoms with Gasteiger partial charge in [-0.05, 0) is 24.6 Å². The molecule has 3 nitrogen and oxygen atoms in total. The molecule has 0 aliphatic carbocycles. The first-order valence-electron chi connectivity index (χ1n) is 6.51. The molecule has 0 fully saturated rings. The molecule has 102 valence electrons. The van der Waals surface area contributed by atoms with E-state index in [1.807, 2.05) is 49.4 Å². The van der Waals surface area contributed by atoms with Gasteiger partial charge in [0.1, 0.15) is 6.10 Å². The van der Waals surface area contributed by atoms with Crippen LogP contribution >= 0.6 is 0 Å². The molecule has 0 aliphatic rings. The van der Waals surface area contributed by atoms with E-state index in [9.17, 15) is 5.11 Å². The van der Waals surface area contributed by atoms with Gasteiger partial charge < -0.3 is 9.84 Å². The molecule has 0 saturated heterocycles. The van der Waals surface area contributed by atoms with Gasteiger partial charge in [-0.1, -0.05) is 42.2 Å². The van der Waals surface area contributed by atoms with Crippen molar-refractivity contribution in [3.63, 3.8) is 0 Å². The quantitative estimate of drug-likeness (QED) is 0.865. The molecule has 3 heteroatoms. The summed E-state index contributed by atoms with van der Waals surface area (Å²) >= 11 is 0. The van der Waals surface area contributed by atoms with Crippen LogP contribution in [-0.4, -0.2) is 22.3 Å². The fraction of sp³-hybridized carbons (Fsp3) is 0.235. The molecule has 2 rings (SSSR count). The zero-order valence-electron chi connectivity index (χ0n) is 11.4. The van der Waals surface area contributed by atoms with Crippen LogP contribution in [0.5, 0.6) is 0 Å². The van der Waals surface area contributed by atoms with Gasteiger partial charge in [-0.25, -0.2) is 0 Å². The Balaban J connectivity index is 1.86. The molecule has 1 N–H and O–H groups in total. The minimum Gasteiger partial charge on any atom is -0.378 e. The summed E-state index contributed by atoms with van der Waals surface area (Å²) in [5, 5.41) is 9.94. The number of aliphatic hydroxyl groups excluding tert-OH is 1. The Morgan fingerprint density at radius 2 is 2.00 bits per heavy atom. The Bertz CT molecular complexity index is 572. The predicted molar refractivity (Wildman–Crippen MR) is 77.8 cm³/mol. The molecule has 0 saturated carbocycles. The van der Waals surface area contributed by atoms with Gasteiger partial charge in [0.05, 0.1) is 12.7 Å². The highest BCUT2D eigenvalue weighted by Gasteiger charge is 2.11. The summed E-state index contributed by atoms with van der Waals surface area (Å²) in [6.07, 6.45) is 2.18. The summed E-state index contributed by atoms with van der Waals surface area (Å²) in [7, 11) is 0. The second-order valence-corrected chi connectivity index (χ2v) is 4.46. The molecule has 0 aliphatic heterocycles. The first kappa shape index (κ1) is 14.3. The molecule has 0 bridgehead atoms. The number of nitrogens with zero attached hydrogens (tertiary/aromatic N) is 1. The third-order valence-electron chi connectivity index (χ3n) is 2.83. The summed E-state index contributed by atoms with van der Waals surface area (Å²) in [6.45, 7) is 2.28. The number of benzene rings is 1. The third-order valence-corrected chi connectivity index (χ3v) is 2.83. The lowest BCUT2D eigenvalue weighted by molar-refractivity contribution is -0.0116. The van der Waals surface area contributed by atoms with Crippen molar-refractivity contribution in [3.8, 4) is 11.8 Å². The normalized spacial score (nSPS) is 13.1. The average molecular weight is 267 g/mol. The number of aromatic nitrogens is 1. The van der Waals surface area contributed by atoms with Crippen molar-refractivity contribution >= 4 is 0 Å². The number of ether oxygens (including phenoxy) is 1. The van der Waals surface area contributed by atoms with E-state index in [2.05, 4.69) is 16.8 Å². The number of hydrogen-bond acceptors (Lipinski definition) is 3. The molecule has 20 heavy (non-hydrogen) atoms. The van der Waals surface area contributed by atoms with Gasteiger partial charge in [0.2, 0.25) is 0 Å². The van der Waals surface area contributed by atoms with Gasteiger partial charge in [-0.3, -0.25) is 4.98 Å². The zero-order valence-corrected chi connectivity index (χ0v) is 11.4. The van der Waals surface area contributed by atoms with Crippen LogP contribution < -0.4 is 0 Å². The smallest absolute Gasteiger partial charge is 0.140 e. The van der Waals surface area contributed by atoms with E-state index < -0.39 is 6.10 Å². The fourth-order valence-corrected chi connectivity index (χ4v) is 1.60. The first-order chi connectivity index (χ1) is 9.75. The molecule has 1 heterocycles. The molecule has 0 amide bonds. The summed E-state index contributed by atoms with van der Waals surface area (Å²) in [5.74, 6) is 5.66. The van der Waals surface area contributed by atoms with Gasteiger partial charge in [-0.15, -0.1) is 0 Å². The molecular formula is C17H17NO2. The number of aliphatic hydroxyl groups is 1. The Labute approximate surface area is 119 Å². The van der Waals surface area contributed by atoms with Crippen LogP contribution in [-0.2, 0) is 11.3 Å². The highest BCUT2D eigenvalue weighted by molar-refractivity contribution is 5.32. The maximum absolute atomic E-state index is 9.94. The molecule has 1 aromatic heterocycles. The Morgan fingerprint density at radius 3 is 2.70 bits per heavy atom. The molecule has 0 spiro atoms. The number of rotatable bonds is 4. The SMILES string of the molecule is CC(OCc1ccccc1)C(O)C#Cc1cccnc1. The van der Waals surface area contributed by atoms with E-state index in [0.29, 0.717) is 6.61 Å². The molecule has 1 aromatic carbocycles. The first-order valence-corrected chi connectivity index (χ1v) is 6.51. The second kappa shape index (κ2) is 7.44. The van der Waals surface area contributed by atoms with Gasteiger partial charge in [0.25, 0.3) is 0 Å².